The highest BCUT2D eigenvalue weighted by Gasteiger charge is 2.11. The fourth-order valence-electron chi connectivity index (χ4n) is 3.16. The molecule has 0 unspecified atom stereocenters. The standard InChI is InChI=1S/C22H22N4O2/c1-16(27)17-2-4-18(5-3-17)21-10-11-23-22(25-21)24-19-6-8-20(9-7-19)26-12-14-28-15-13-26/h2-11H,12-15H2,1H3,(H,23,24,25). The van der Waals surface area contributed by atoms with Gasteiger partial charge in [-0.2, -0.15) is 0 Å². The second-order valence-electron chi connectivity index (χ2n) is 6.67. The third kappa shape index (κ3) is 4.18. The van der Waals surface area contributed by atoms with Crippen LogP contribution in [0.4, 0.5) is 17.3 Å². The molecular weight excluding hydrogens is 352 g/mol. The first-order valence-electron chi connectivity index (χ1n) is 9.33. The molecule has 0 amide bonds. The van der Waals surface area contributed by atoms with Crippen molar-refractivity contribution in [2.24, 2.45) is 0 Å². The summed E-state index contributed by atoms with van der Waals surface area (Å²) >= 11 is 0. The molecule has 1 fully saturated rings. The molecule has 1 aliphatic heterocycles. The van der Waals surface area contributed by atoms with E-state index in [-0.39, 0.29) is 5.78 Å². The van der Waals surface area contributed by atoms with Gasteiger partial charge >= 0.3 is 0 Å². The molecule has 3 aromatic rings. The second-order valence-corrected chi connectivity index (χ2v) is 6.67. The Kier molecular flexibility index (Phi) is 5.30. The van der Waals surface area contributed by atoms with Crippen LogP contribution in [0.1, 0.15) is 17.3 Å². The molecule has 0 atom stereocenters. The van der Waals surface area contributed by atoms with Crippen molar-refractivity contribution in [3.63, 3.8) is 0 Å². The number of Topliss-reactive ketones (excluding diaryl/α,β-unsaturated/α-hetero) is 1. The Bertz CT molecular complexity index is 949. The Labute approximate surface area is 164 Å². The van der Waals surface area contributed by atoms with Gasteiger partial charge in [0.15, 0.2) is 5.78 Å². The van der Waals surface area contributed by atoms with Gasteiger partial charge in [-0.15, -0.1) is 0 Å². The highest BCUT2D eigenvalue weighted by Crippen LogP contribution is 2.23. The first-order valence-corrected chi connectivity index (χ1v) is 9.33. The molecule has 28 heavy (non-hydrogen) atoms. The summed E-state index contributed by atoms with van der Waals surface area (Å²) < 4.78 is 5.40. The highest BCUT2D eigenvalue weighted by molar-refractivity contribution is 5.94. The molecule has 6 heteroatoms. The lowest BCUT2D eigenvalue weighted by Crippen LogP contribution is -2.36. The van der Waals surface area contributed by atoms with Crippen molar-refractivity contribution < 1.29 is 9.53 Å². The third-order valence-corrected chi connectivity index (χ3v) is 4.74. The maximum atomic E-state index is 11.4. The van der Waals surface area contributed by atoms with Crippen LogP contribution in [0.5, 0.6) is 0 Å². The lowest BCUT2D eigenvalue weighted by molar-refractivity contribution is 0.101. The molecule has 4 rings (SSSR count). The third-order valence-electron chi connectivity index (χ3n) is 4.74. The van der Waals surface area contributed by atoms with Gasteiger partial charge in [0.2, 0.25) is 5.95 Å². The first-order chi connectivity index (χ1) is 13.7. The molecule has 2 aromatic carbocycles. The zero-order valence-corrected chi connectivity index (χ0v) is 15.8. The number of ether oxygens (including phenoxy) is 1. The van der Waals surface area contributed by atoms with E-state index in [0.717, 1.165) is 43.2 Å². The van der Waals surface area contributed by atoms with E-state index < -0.39 is 0 Å². The average Bonchev–Trinajstić information content (AvgIpc) is 2.75. The Morgan fingerprint density at radius 3 is 2.39 bits per heavy atom. The predicted octanol–water partition coefficient (Wildman–Crippen LogP) is 3.93. The number of morpholine rings is 1. The van der Waals surface area contributed by atoms with E-state index in [9.17, 15) is 4.79 Å². The van der Waals surface area contributed by atoms with Gasteiger partial charge in [0.05, 0.1) is 18.9 Å². The molecule has 0 radical (unpaired) electrons. The van der Waals surface area contributed by atoms with Crippen LogP contribution in [0.2, 0.25) is 0 Å². The quantitative estimate of drug-likeness (QED) is 0.683. The summed E-state index contributed by atoms with van der Waals surface area (Å²) in [4.78, 5) is 22.7. The minimum Gasteiger partial charge on any atom is -0.378 e. The number of anilines is 3. The Hall–Kier alpha value is -3.25. The van der Waals surface area contributed by atoms with Crippen LogP contribution in [-0.4, -0.2) is 42.1 Å². The number of hydrogen-bond acceptors (Lipinski definition) is 6. The summed E-state index contributed by atoms with van der Waals surface area (Å²) in [5, 5.41) is 3.25. The average molecular weight is 374 g/mol. The highest BCUT2D eigenvalue weighted by atomic mass is 16.5. The molecule has 1 N–H and O–H groups in total. The minimum absolute atomic E-state index is 0.0529. The van der Waals surface area contributed by atoms with Crippen molar-refractivity contribution in [2.45, 2.75) is 6.92 Å². The number of nitrogens with zero attached hydrogens (tertiary/aromatic N) is 3. The van der Waals surface area contributed by atoms with Gasteiger partial charge < -0.3 is 15.0 Å². The first kappa shape index (κ1) is 18.1. The number of carbonyl (C=O) groups excluding carboxylic acids is 1. The fraction of sp³-hybridized carbons (Fsp3) is 0.227. The number of rotatable bonds is 5. The van der Waals surface area contributed by atoms with Gasteiger partial charge in [-0.3, -0.25) is 4.79 Å². The minimum atomic E-state index is 0.0529. The zero-order chi connectivity index (χ0) is 19.3. The molecule has 1 saturated heterocycles. The van der Waals surface area contributed by atoms with Crippen molar-refractivity contribution in [3.8, 4) is 11.3 Å². The van der Waals surface area contributed by atoms with Crippen molar-refractivity contribution in [3.05, 3.63) is 66.4 Å². The van der Waals surface area contributed by atoms with E-state index in [1.807, 2.05) is 42.5 Å². The number of carbonyl (C=O) groups is 1. The largest absolute Gasteiger partial charge is 0.378 e. The summed E-state index contributed by atoms with van der Waals surface area (Å²) in [6, 6.07) is 17.5. The van der Waals surface area contributed by atoms with Crippen LogP contribution in [-0.2, 0) is 4.74 Å². The molecule has 0 spiro atoms. The van der Waals surface area contributed by atoms with Crippen LogP contribution >= 0.6 is 0 Å². The monoisotopic (exact) mass is 374 g/mol. The number of benzene rings is 2. The summed E-state index contributed by atoms with van der Waals surface area (Å²) in [5.41, 5.74) is 4.56. The summed E-state index contributed by atoms with van der Waals surface area (Å²) in [6.45, 7) is 4.94. The van der Waals surface area contributed by atoms with E-state index >= 15 is 0 Å². The van der Waals surface area contributed by atoms with Crippen molar-refractivity contribution in [2.75, 3.05) is 36.5 Å². The second kappa shape index (κ2) is 8.19. The van der Waals surface area contributed by atoms with Gasteiger partial charge in [0, 0.05) is 41.8 Å². The molecule has 1 aromatic heterocycles. The van der Waals surface area contributed by atoms with E-state index in [2.05, 4.69) is 32.3 Å². The maximum Gasteiger partial charge on any atom is 0.227 e. The van der Waals surface area contributed by atoms with E-state index in [4.69, 9.17) is 4.74 Å². The SMILES string of the molecule is CC(=O)c1ccc(-c2ccnc(Nc3ccc(N4CCOCC4)cc3)n2)cc1. The van der Waals surface area contributed by atoms with Crippen LogP contribution in [0, 0.1) is 0 Å². The summed E-state index contributed by atoms with van der Waals surface area (Å²) in [7, 11) is 0. The number of hydrogen-bond donors (Lipinski definition) is 1. The molecule has 142 valence electrons. The van der Waals surface area contributed by atoms with Crippen LogP contribution < -0.4 is 10.2 Å². The molecular formula is C22H22N4O2. The molecule has 0 bridgehead atoms. The molecule has 6 nitrogen and oxygen atoms in total. The van der Waals surface area contributed by atoms with E-state index in [1.165, 1.54) is 5.69 Å². The van der Waals surface area contributed by atoms with Gasteiger partial charge in [0.25, 0.3) is 0 Å². The van der Waals surface area contributed by atoms with E-state index in [1.54, 1.807) is 13.1 Å². The summed E-state index contributed by atoms with van der Waals surface area (Å²) in [6.07, 6.45) is 1.73. The van der Waals surface area contributed by atoms with E-state index in [0.29, 0.717) is 11.5 Å². The van der Waals surface area contributed by atoms with Crippen molar-refractivity contribution >= 4 is 23.1 Å². The van der Waals surface area contributed by atoms with Gasteiger partial charge in [-0.1, -0.05) is 24.3 Å². The maximum absolute atomic E-state index is 11.4. The fourth-order valence-corrected chi connectivity index (χ4v) is 3.16. The van der Waals surface area contributed by atoms with Crippen LogP contribution in [0.25, 0.3) is 11.3 Å². The topological polar surface area (TPSA) is 67.4 Å². The Balaban J connectivity index is 1.48. The molecule has 1 aliphatic rings. The van der Waals surface area contributed by atoms with Gasteiger partial charge in [0.1, 0.15) is 0 Å². The predicted molar refractivity (Wildman–Crippen MR) is 110 cm³/mol. The van der Waals surface area contributed by atoms with Gasteiger partial charge in [-0.05, 0) is 37.3 Å². The molecule has 0 aliphatic carbocycles. The Morgan fingerprint density at radius 1 is 1.00 bits per heavy atom. The lowest BCUT2D eigenvalue weighted by Gasteiger charge is -2.28. The number of ketones is 1. The number of nitrogens with one attached hydrogen (secondary N) is 1. The normalized spacial score (nSPS) is 14.0. The van der Waals surface area contributed by atoms with Crippen molar-refractivity contribution in [1.29, 1.82) is 0 Å². The number of aromatic nitrogens is 2. The van der Waals surface area contributed by atoms with Crippen LogP contribution in [0.15, 0.2) is 60.8 Å². The molecule has 2 heterocycles. The summed E-state index contributed by atoms with van der Waals surface area (Å²) in [5.74, 6) is 0.587. The smallest absolute Gasteiger partial charge is 0.227 e. The van der Waals surface area contributed by atoms with Crippen molar-refractivity contribution in [1.82, 2.24) is 9.97 Å². The lowest BCUT2D eigenvalue weighted by atomic mass is 10.1. The van der Waals surface area contributed by atoms with Crippen LogP contribution in [0.3, 0.4) is 0 Å². The van der Waals surface area contributed by atoms with Gasteiger partial charge in [-0.25, -0.2) is 9.97 Å². The molecule has 0 saturated carbocycles. The zero-order valence-electron chi connectivity index (χ0n) is 15.8. The Morgan fingerprint density at radius 2 is 1.71 bits per heavy atom.